The monoisotopic (exact) mass is 296 g/mol. The van der Waals surface area contributed by atoms with Crippen LogP contribution in [0.5, 0.6) is 0 Å². The summed E-state index contributed by atoms with van der Waals surface area (Å²) >= 11 is 0. The first kappa shape index (κ1) is 14.5. The molecular weight excluding hydrogens is 276 g/mol. The van der Waals surface area contributed by atoms with Crippen LogP contribution in [0.3, 0.4) is 0 Å². The molecule has 1 aromatic carbocycles. The first-order valence-electron chi connectivity index (χ1n) is 7.61. The topological polar surface area (TPSA) is 66.9 Å². The van der Waals surface area contributed by atoms with Crippen LogP contribution in [-0.4, -0.2) is 29.2 Å². The summed E-state index contributed by atoms with van der Waals surface area (Å²) in [5.41, 5.74) is 2.15. The Labute approximate surface area is 130 Å². The Bertz CT molecular complexity index is 627. The number of aryl methyl sites for hydroxylation is 1. The van der Waals surface area contributed by atoms with Gasteiger partial charge in [-0.05, 0) is 37.0 Å². The molecule has 1 aromatic heterocycles. The maximum Gasteiger partial charge on any atom is 0.223 e. The van der Waals surface area contributed by atoms with Gasteiger partial charge in [-0.2, -0.15) is 5.10 Å². The molecule has 0 aliphatic heterocycles. The zero-order valence-corrected chi connectivity index (χ0v) is 12.6. The fourth-order valence-corrected chi connectivity index (χ4v) is 2.55. The number of nitrogens with zero attached hydrogens (tertiary/aromatic N) is 2. The summed E-state index contributed by atoms with van der Waals surface area (Å²) in [5.74, 6) is 1.39. The number of hydrogen-bond acceptors (Lipinski definition) is 4. The molecule has 1 aliphatic carbocycles. The molecule has 2 N–H and O–H groups in total. The minimum atomic E-state index is 0.126. The number of nitrogens with one attached hydrogen (secondary N) is 2. The van der Waals surface area contributed by atoms with Gasteiger partial charge in [0.25, 0.3) is 0 Å². The predicted octanol–water partition coefficient (Wildman–Crippen LogP) is 2.12. The molecule has 0 radical (unpaired) electrons. The molecule has 0 unspecified atom stereocenters. The lowest BCUT2D eigenvalue weighted by atomic mass is 10.1. The summed E-state index contributed by atoms with van der Waals surface area (Å²) in [5, 5.41) is 14.1. The number of anilines is 1. The molecule has 3 rings (SSSR count). The van der Waals surface area contributed by atoms with Crippen molar-refractivity contribution in [3.63, 3.8) is 0 Å². The van der Waals surface area contributed by atoms with Gasteiger partial charge in [-0.1, -0.05) is 30.3 Å². The third kappa shape index (κ3) is 3.61. The van der Waals surface area contributed by atoms with Gasteiger partial charge >= 0.3 is 0 Å². The molecule has 1 fully saturated rings. The molecule has 2 atom stereocenters. The molecule has 5 nitrogen and oxygen atoms in total. The molecule has 5 heteroatoms. The van der Waals surface area contributed by atoms with Crippen molar-refractivity contribution >= 4 is 11.7 Å². The van der Waals surface area contributed by atoms with Gasteiger partial charge in [0.2, 0.25) is 5.91 Å². The summed E-state index contributed by atoms with van der Waals surface area (Å²) < 4.78 is 0. The van der Waals surface area contributed by atoms with Crippen LogP contribution < -0.4 is 10.6 Å². The lowest BCUT2D eigenvalue weighted by Gasteiger charge is -2.07. The van der Waals surface area contributed by atoms with Crippen molar-refractivity contribution in [2.75, 3.05) is 18.4 Å². The molecule has 1 amide bonds. The van der Waals surface area contributed by atoms with E-state index in [4.69, 9.17) is 0 Å². The Hall–Kier alpha value is -2.43. The van der Waals surface area contributed by atoms with Crippen molar-refractivity contribution in [2.45, 2.75) is 19.3 Å². The Morgan fingerprint density at radius 3 is 2.68 bits per heavy atom. The summed E-state index contributed by atoms with van der Waals surface area (Å²) in [6, 6.07) is 14.0. The van der Waals surface area contributed by atoms with Crippen LogP contribution in [0.1, 0.15) is 23.6 Å². The van der Waals surface area contributed by atoms with Crippen molar-refractivity contribution in [1.29, 1.82) is 0 Å². The average molecular weight is 296 g/mol. The molecule has 22 heavy (non-hydrogen) atoms. The van der Waals surface area contributed by atoms with Crippen molar-refractivity contribution in [3.05, 3.63) is 53.7 Å². The van der Waals surface area contributed by atoms with E-state index < -0.39 is 0 Å². The van der Waals surface area contributed by atoms with Crippen molar-refractivity contribution < 1.29 is 4.79 Å². The zero-order valence-electron chi connectivity index (χ0n) is 12.6. The van der Waals surface area contributed by atoms with Gasteiger partial charge in [0.1, 0.15) is 5.82 Å². The molecule has 0 saturated heterocycles. The standard InChI is InChI=1S/C17H20N4O/c1-12-7-8-16(21-20-12)18-9-10-19-17(22)15-11-14(15)13-5-3-2-4-6-13/h2-8,14-15H,9-11H2,1H3,(H,18,21)(H,19,22)/t14-,15-/m1/s1. The average Bonchev–Trinajstić information content (AvgIpc) is 3.35. The molecule has 114 valence electrons. The second-order valence-electron chi connectivity index (χ2n) is 5.64. The first-order valence-corrected chi connectivity index (χ1v) is 7.61. The lowest BCUT2D eigenvalue weighted by molar-refractivity contribution is -0.122. The third-order valence-corrected chi connectivity index (χ3v) is 3.88. The van der Waals surface area contributed by atoms with Crippen LogP contribution >= 0.6 is 0 Å². The fourth-order valence-electron chi connectivity index (χ4n) is 2.55. The summed E-state index contributed by atoms with van der Waals surface area (Å²) in [7, 11) is 0. The highest BCUT2D eigenvalue weighted by molar-refractivity contribution is 5.82. The van der Waals surface area contributed by atoms with Gasteiger partial charge < -0.3 is 10.6 Å². The van der Waals surface area contributed by atoms with Gasteiger partial charge in [0.15, 0.2) is 0 Å². The largest absolute Gasteiger partial charge is 0.367 e. The van der Waals surface area contributed by atoms with E-state index in [0.717, 1.165) is 17.9 Å². The van der Waals surface area contributed by atoms with Gasteiger partial charge in [-0.25, -0.2) is 0 Å². The zero-order chi connectivity index (χ0) is 15.4. The summed E-state index contributed by atoms with van der Waals surface area (Å²) in [6.07, 6.45) is 0.951. The van der Waals surface area contributed by atoms with Crippen molar-refractivity contribution in [1.82, 2.24) is 15.5 Å². The lowest BCUT2D eigenvalue weighted by Crippen LogP contribution is -2.30. The number of carbonyl (C=O) groups is 1. The molecule has 0 spiro atoms. The Morgan fingerprint density at radius 1 is 1.14 bits per heavy atom. The van der Waals surface area contributed by atoms with E-state index in [0.29, 0.717) is 19.0 Å². The van der Waals surface area contributed by atoms with Crippen LogP contribution in [0.25, 0.3) is 0 Å². The highest BCUT2D eigenvalue weighted by atomic mass is 16.2. The number of carbonyl (C=O) groups excluding carboxylic acids is 1. The Balaban J connectivity index is 1.38. The number of amides is 1. The van der Waals surface area contributed by atoms with Crippen LogP contribution in [-0.2, 0) is 4.79 Å². The minimum Gasteiger partial charge on any atom is -0.367 e. The number of aromatic nitrogens is 2. The smallest absolute Gasteiger partial charge is 0.223 e. The second-order valence-corrected chi connectivity index (χ2v) is 5.64. The highest BCUT2D eigenvalue weighted by Crippen LogP contribution is 2.47. The van der Waals surface area contributed by atoms with Crippen LogP contribution in [0, 0.1) is 12.8 Å². The minimum absolute atomic E-state index is 0.126. The molecule has 1 heterocycles. The van der Waals surface area contributed by atoms with E-state index in [2.05, 4.69) is 33.0 Å². The van der Waals surface area contributed by atoms with Crippen LogP contribution in [0.2, 0.25) is 0 Å². The molecule has 2 aromatic rings. The van der Waals surface area contributed by atoms with Crippen LogP contribution in [0.15, 0.2) is 42.5 Å². The van der Waals surface area contributed by atoms with Crippen molar-refractivity contribution in [3.8, 4) is 0 Å². The van der Waals surface area contributed by atoms with Gasteiger partial charge in [-0.3, -0.25) is 4.79 Å². The third-order valence-electron chi connectivity index (χ3n) is 3.88. The quantitative estimate of drug-likeness (QED) is 0.801. The fraction of sp³-hybridized carbons (Fsp3) is 0.353. The molecule has 0 bridgehead atoms. The van der Waals surface area contributed by atoms with E-state index >= 15 is 0 Å². The van der Waals surface area contributed by atoms with E-state index in [1.165, 1.54) is 5.56 Å². The van der Waals surface area contributed by atoms with Gasteiger partial charge in [0.05, 0.1) is 5.69 Å². The molecule has 1 saturated carbocycles. The van der Waals surface area contributed by atoms with Crippen molar-refractivity contribution in [2.24, 2.45) is 5.92 Å². The number of benzene rings is 1. The first-order chi connectivity index (χ1) is 10.7. The van der Waals surface area contributed by atoms with E-state index in [9.17, 15) is 4.79 Å². The number of hydrogen-bond donors (Lipinski definition) is 2. The second kappa shape index (κ2) is 6.56. The normalized spacial score (nSPS) is 19.5. The maximum atomic E-state index is 12.1. The molecule has 1 aliphatic rings. The maximum absolute atomic E-state index is 12.1. The Morgan fingerprint density at radius 2 is 1.95 bits per heavy atom. The van der Waals surface area contributed by atoms with E-state index in [1.54, 1.807) is 0 Å². The highest BCUT2D eigenvalue weighted by Gasteiger charge is 2.43. The van der Waals surface area contributed by atoms with E-state index in [1.807, 2.05) is 37.3 Å². The van der Waals surface area contributed by atoms with Gasteiger partial charge in [0, 0.05) is 19.0 Å². The SMILES string of the molecule is Cc1ccc(NCCNC(=O)[C@@H]2C[C@@H]2c2ccccc2)nn1. The number of rotatable bonds is 6. The van der Waals surface area contributed by atoms with Gasteiger partial charge in [-0.15, -0.1) is 5.10 Å². The summed E-state index contributed by atoms with van der Waals surface area (Å²) in [6.45, 7) is 3.13. The van der Waals surface area contributed by atoms with Crippen LogP contribution in [0.4, 0.5) is 5.82 Å². The Kier molecular flexibility index (Phi) is 4.32. The molecular formula is C17H20N4O. The summed E-state index contributed by atoms with van der Waals surface area (Å²) in [4.78, 5) is 12.1. The predicted molar refractivity (Wildman–Crippen MR) is 85.6 cm³/mol. The van der Waals surface area contributed by atoms with E-state index in [-0.39, 0.29) is 11.8 Å².